The van der Waals surface area contributed by atoms with E-state index in [1.807, 2.05) is 19.1 Å². The second-order valence-electron chi connectivity index (χ2n) is 4.86. The number of nitrogens with zero attached hydrogens (tertiary/aromatic N) is 2. The van der Waals surface area contributed by atoms with Crippen molar-refractivity contribution >= 4 is 64.8 Å². The number of rotatable bonds is 3. The second-order valence-corrected chi connectivity index (χ2v) is 7.52. The molecule has 0 atom stereocenters. The molecule has 118 valence electrons. The molecule has 0 aliphatic heterocycles. The first-order valence-electron chi connectivity index (χ1n) is 6.66. The van der Waals surface area contributed by atoms with Crippen molar-refractivity contribution in [3.8, 4) is 11.5 Å². The molecule has 23 heavy (non-hydrogen) atoms. The number of benzene rings is 2. The van der Waals surface area contributed by atoms with Crippen LogP contribution in [-0.4, -0.2) is 23.4 Å². The lowest BCUT2D eigenvalue weighted by molar-refractivity contribution is 0.372. The summed E-state index contributed by atoms with van der Waals surface area (Å²) in [5.41, 5.74) is 2.64. The fourth-order valence-electron chi connectivity index (χ4n) is 2.08. The Kier molecular flexibility index (Phi) is 4.70. The molecule has 0 unspecified atom stereocenters. The van der Waals surface area contributed by atoms with E-state index in [-0.39, 0.29) is 5.75 Å². The Balaban J connectivity index is 2.03. The summed E-state index contributed by atoms with van der Waals surface area (Å²) >= 11 is 8.37. The Morgan fingerprint density at radius 1 is 1.30 bits per heavy atom. The third kappa shape index (κ3) is 3.27. The van der Waals surface area contributed by atoms with Gasteiger partial charge in [-0.1, -0.05) is 17.4 Å². The SMILES string of the molecule is COc1cc(Br)c(Br)c(C=Nc2nc3ccc(C)cc3s2)c1O. The van der Waals surface area contributed by atoms with Gasteiger partial charge in [-0.05, 0) is 62.5 Å². The molecule has 0 fully saturated rings. The molecular weight excluding hydrogens is 444 g/mol. The van der Waals surface area contributed by atoms with Gasteiger partial charge in [-0.3, -0.25) is 0 Å². The maximum atomic E-state index is 10.3. The molecular formula is C16H12Br2N2O2S. The number of methoxy groups -OCH3 is 1. The molecule has 0 bridgehead atoms. The van der Waals surface area contributed by atoms with Crippen molar-refractivity contribution in [2.75, 3.05) is 7.11 Å². The Labute approximate surface area is 154 Å². The fourth-order valence-corrected chi connectivity index (χ4v) is 3.82. The predicted molar refractivity (Wildman–Crippen MR) is 102 cm³/mol. The average Bonchev–Trinajstić information content (AvgIpc) is 2.92. The predicted octanol–water partition coefficient (Wildman–Crippen LogP) is 5.59. The molecule has 1 N–H and O–H groups in total. The topological polar surface area (TPSA) is 54.7 Å². The molecule has 0 saturated carbocycles. The van der Waals surface area contributed by atoms with Gasteiger partial charge in [-0.2, -0.15) is 0 Å². The van der Waals surface area contributed by atoms with Crippen LogP contribution < -0.4 is 4.74 Å². The zero-order valence-corrected chi connectivity index (χ0v) is 16.3. The van der Waals surface area contributed by atoms with Crippen LogP contribution in [0.15, 0.2) is 38.2 Å². The highest BCUT2D eigenvalue weighted by atomic mass is 79.9. The molecule has 0 amide bonds. The number of phenols is 1. The highest BCUT2D eigenvalue weighted by Gasteiger charge is 2.14. The van der Waals surface area contributed by atoms with E-state index in [1.54, 1.807) is 12.3 Å². The minimum Gasteiger partial charge on any atom is -0.504 e. The van der Waals surface area contributed by atoms with Crippen molar-refractivity contribution in [3.63, 3.8) is 0 Å². The molecule has 4 nitrogen and oxygen atoms in total. The molecule has 0 saturated heterocycles. The number of ether oxygens (including phenoxy) is 1. The zero-order chi connectivity index (χ0) is 16.6. The standard InChI is InChI=1S/C16H12Br2N2O2S/c1-8-3-4-11-13(5-8)23-16(20-11)19-7-9-14(18)10(17)6-12(22-2)15(9)21/h3-7,21H,1-2H3. The highest BCUT2D eigenvalue weighted by molar-refractivity contribution is 9.13. The first-order valence-corrected chi connectivity index (χ1v) is 9.06. The van der Waals surface area contributed by atoms with Gasteiger partial charge < -0.3 is 9.84 Å². The van der Waals surface area contributed by atoms with Gasteiger partial charge in [0, 0.05) is 15.2 Å². The van der Waals surface area contributed by atoms with E-state index in [9.17, 15) is 5.11 Å². The van der Waals surface area contributed by atoms with E-state index < -0.39 is 0 Å². The summed E-state index contributed by atoms with van der Waals surface area (Å²) in [6, 6.07) is 7.78. The van der Waals surface area contributed by atoms with Crippen molar-refractivity contribution in [3.05, 3.63) is 44.3 Å². The molecule has 7 heteroatoms. The quantitative estimate of drug-likeness (QED) is 0.523. The van der Waals surface area contributed by atoms with Crippen LogP contribution in [0.3, 0.4) is 0 Å². The summed E-state index contributed by atoms with van der Waals surface area (Å²) in [6.07, 6.45) is 1.58. The maximum absolute atomic E-state index is 10.3. The van der Waals surface area contributed by atoms with Gasteiger partial charge in [-0.25, -0.2) is 9.98 Å². The lowest BCUT2D eigenvalue weighted by Gasteiger charge is -2.09. The number of fused-ring (bicyclic) bond motifs is 1. The maximum Gasteiger partial charge on any atom is 0.210 e. The largest absolute Gasteiger partial charge is 0.504 e. The van der Waals surface area contributed by atoms with Crippen LogP contribution in [0.1, 0.15) is 11.1 Å². The molecule has 2 aromatic carbocycles. The normalized spacial score (nSPS) is 11.5. The summed E-state index contributed by atoms with van der Waals surface area (Å²) < 4.78 is 7.73. The number of hydrogen-bond acceptors (Lipinski definition) is 5. The molecule has 0 radical (unpaired) electrons. The van der Waals surface area contributed by atoms with Gasteiger partial charge in [0.2, 0.25) is 5.13 Å². The molecule has 0 spiro atoms. The van der Waals surface area contributed by atoms with Crippen molar-refractivity contribution in [2.24, 2.45) is 4.99 Å². The fraction of sp³-hybridized carbons (Fsp3) is 0.125. The molecule has 0 aliphatic rings. The Morgan fingerprint density at radius 2 is 2.09 bits per heavy atom. The summed E-state index contributed by atoms with van der Waals surface area (Å²) in [5.74, 6) is 0.407. The molecule has 1 aromatic heterocycles. The van der Waals surface area contributed by atoms with Gasteiger partial charge in [0.15, 0.2) is 11.5 Å². The van der Waals surface area contributed by atoms with Crippen LogP contribution in [0.25, 0.3) is 10.2 Å². The lowest BCUT2D eigenvalue weighted by atomic mass is 10.2. The summed E-state index contributed by atoms with van der Waals surface area (Å²) in [7, 11) is 1.51. The van der Waals surface area contributed by atoms with Crippen LogP contribution in [-0.2, 0) is 0 Å². The van der Waals surface area contributed by atoms with Crippen molar-refractivity contribution in [1.29, 1.82) is 0 Å². The van der Waals surface area contributed by atoms with Gasteiger partial charge in [0.05, 0.1) is 22.9 Å². The third-order valence-corrected chi connectivity index (χ3v) is 6.19. The Morgan fingerprint density at radius 3 is 2.83 bits per heavy atom. The van der Waals surface area contributed by atoms with E-state index >= 15 is 0 Å². The molecule has 3 rings (SSSR count). The van der Waals surface area contributed by atoms with Gasteiger partial charge in [-0.15, -0.1) is 0 Å². The van der Waals surface area contributed by atoms with Crippen LogP contribution in [0.2, 0.25) is 0 Å². The van der Waals surface area contributed by atoms with E-state index in [1.165, 1.54) is 24.0 Å². The average molecular weight is 456 g/mol. The molecule has 3 aromatic rings. The van der Waals surface area contributed by atoms with Gasteiger partial charge >= 0.3 is 0 Å². The highest BCUT2D eigenvalue weighted by Crippen LogP contribution is 2.40. The van der Waals surface area contributed by atoms with E-state index in [0.717, 1.165) is 14.7 Å². The van der Waals surface area contributed by atoms with Crippen molar-refractivity contribution in [2.45, 2.75) is 6.92 Å². The van der Waals surface area contributed by atoms with Crippen LogP contribution >= 0.6 is 43.2 Å². The first kappa shape index (κ1) is 16.4. The Hall–Kier alpha value is -1.44. The van der Waals surface area contributed by atoms with Crippen molar-refractivity contribution < 1.29 is 9.84 Å². The second kappa shape index (κ2) is 6.59. The summed E-state index contributed by atoms with van der Waals surface area (Å²) in [4.78, 5) is 8.87. The van der Waals surface area contributed by atoms with E-state index in [4.69, 9.17) is 4.74 Å². The zero-order valence-electron chi connectivity index (χ0n) is 12.3. The number of aryl methyl sites for hydroxylation is 1. The van der Waals surface area contributed by atoms with Crippen molar-refractivity contribution in [1.82, 2.24) is 4.98 Å². The lowest BCUT2D eigenvalue weighted by Crippen LogP contribution is -1.91. The van der Waals surface area contributed by atoms with Crippen LogP contribution in [0, 0.1) is 6.92 Å². The number of aliphatic imine (C=N–C) groups is 1. The van der Waals surface area contributed by atoms with Crippen LogP contribution in [0.5, 0.6) is 11.5 Å². The first-order chi connectivity index (χ1) is 11.0. The minimum absolute atomic E-state index is 0.0308. The molecule has 0 aliphatic carbocycles. The minimum atomic E-state index is 0.0308. The number of hydrogen-bond donors (Lipinski definition) is 1. The smallest absolute Gasteiger partial charge is 0.210 e. The van der Waals surface area contributed by atoms with Crippen LogP contribution in [0.4, 0.5) is 5.13 Å². The molecule has 1 heterocycles. The third-order valence-electron chi connectivity index (χ3n) is 3.25. The van der Waals surface area contributed by atoms with Gasteiger partial charge in [0.1, 0.15) is 0 Å². The number of aromatic nitrogens is 1. The van der Waals surface area contributed by atoms with Gasteiger partial charge in [0.25, 0.3) is 0 Å². The number of halogens is 2. The number of aromatic hydroxyl groups is 1. The van der Waals surface area contributed by atoms with E-state index in [2.05, 4.69) is 47.9 Å². The monoisotopic (exact) mass is 454 g/mol. The number of phenolic OH excluding ortho intramolecular Hbond substituents is 1. The number of thiazole rings is 1. The summed E-state index contributed by atoms with van der Waals surface area (Å²) in [5, 5.41) is 10.9. The Bertz CT molecular complexity index is 922. The summed E-state index contributed by atoms with van der Waals surface area (Å²) in [6.45, 7) is 2.05. The van der Waals surface area contributed by atoms with E-state index in [0.29, 0.717) is 20.9 Å².